The summed E-state index contributed by atoms with van der Waals surface area (Å²) in [6, 6.07) is 0. The fraction of sp³-hybridized carbons (Fsp3) is 1.00. The Labute approximate surface area is 59.9 Å². The molecule has 1 unspecified atom stereocenters. The molecule has 0 N–H and O–H groups in total. The van der Waals surface area contributed by atoms with E-state index in [-0.39, 0.29) is 7.04 Å². The van der Waals surface area contributed by atoms with Gasteiger partial charge < -0.3 is 0 Å². The van der Waals surface area contributed by atoms with Crippen molar-refractivity contribution in [1.29, 1.82) is 0 Å². The van der Waals surface area contributed by atoms with Crippen molar-refractivity contribution in [2.45, 2.75) is 11.5 Å². The topological polar surface area (TPSA) is 0 Å². The number of rotatable bonds is 0. The van der Waals surface area contributed by atoms with E-state index in [1.165, 1.54) is 0 Å². The van der Waals surface area contributed by atoms with E-state index in [1.807, 2.05) is 6.92 Å². The maximum absolute atomic E-state index is 4.17. The summed E-state index contributed by atoms with van der Waals surface area (Å²) in [5.41, 5.74) is 0. The Morgan fingerprint density at radius 1 is 2.00 bits per heavy atom. The fourth-order valence-corrected chi connectivity index (χ4v) is 0. The van der Waals surface area contributed by atoms with Crippen LogP contribution in [0.1, 0.15) is 6.92 Å². The van der Waals surface area contributed by atoms with Gasteiger partial charge >= 0.3 is 60.2 Å². The molecule has 0 saturated heterocycles. The molecule has 0 aromatic carbocycles. The van der Waals surface area contributed by atoms with Crippen LogP contribution in [0, 0.1) is 0 Å². The third-order valence-corrected chi connectivity index (χ3v) is 7.03. The van der Waals surface area contributed by atoms with Crippen molar-refractivity contribution >= 4 is 48.7 Å². The second kappa shape index (κ2) is 3.81. The molecule has 6 heavy (non-hydrogen) atoms. The van der Waals surface area contributed by atoms with Crippen molar-refractivity contribution in [3.8, 4) is 0 Å². The van der Waals surface area contributed by atoms with Crippen LogP contribution < -0.4 is 0 Å². The molecular formula is C2H6IPS2. The summed E-state index contributed by atoms with van der Waals surface area (Å²) in [6.07, 6.45) is 0. The van der Waals surface area contributed by atoms with Crippen molar-refractivity contribution in [3.05, 3.63) is 0 Å². The van der Waals surface area contributed by atoms with Gasteiger partial charge in [-0.2, -0.15) is 0 Å². The van der Waals surface area contributed by atoms with Gasteiger partial charge in [-0.1, -0.05) is 0 Å². The van der Waals surface area contributed by atoms with E-state index in [9.17, 15) is 0 Å². The summed E-state index contributed by atoms with van der Waals surface area (Å²) in [5, 5.41) is 0. The molecule has 2 atom stereocenters. The molecule has 0 bridgehead atoms. The average molecular weight is 252 g/mol. The van der Waals surface area contributed by atoms with Gasteiger partial charge in [0.05, 0.1) is 0 Å². The molecule has 0 amide bonds. The van der Waals surface area contributed by atoms with Crippen LogP contribution in [0.25, 0.3) is 0 Å². The van der Waals surface area contributed by atoms with E-state index in [4.69, 9.17) is 0 Å². The van der Waals surface area contributed by atoms with Crippen molar-refractivity contribution in [1.82, 2.24) is 0 Å². The predicted molar refractivity (Wildman–Crippen MR) is 48.4 cm³/mol. The molecule has 0 aromatic rings. The Hall–Kier alpha value is 1.86. The standard InChI is InChI=1S/C2H6IPS2/c1-2(5)6(3)4/h2,5-6H,1H3/t2-/m1/s1. The van der Waals surface area contributed by atoms with Gasteiger partial charge in [-0.3, -0.25) is 0 Å². The molecular weight excluding hydrogens is 246 g/mol. The Morgan fingerprint density at radius 3 is 2.17 bits per heavy atom. The normalized spacial score (nSPS) is 19.7. The molecule has 4 heteroatoms. The van der Waals surface area contributed by atoms with E-state index in [0.717, 1.165) is 0 Å². The van der Waals surface area contributed by atoms with Crippen molar-refractivity contribution < 1.29 is 0 Å². The molecule has 0 heterocycles. The van der Waals surface area contributed by atoms with E-state index < -0.39 is 0 Å². The van der Waals surface area contributed by atoms with E-state index in [2.05, 4.69) is 41.6 Å². The summed E-state index contributed by atoms with van der Waals surface area (Å²) >= 11 is 6.42. The molecule has 0 nitrogen and oxygen atoms in total. The van der Waals surface area contributed by atoms with Crippen LogP contribution in [0.15, 0.2) is 0 Å². The van der Waals surface area contributed by atoms with Gasteiger partial charge in [0.2, 0.25) is 0 Å². The zero-order valence-electron chi connectivity index (χ0n) is 3.30. The molecule has 0 fully saturated rings. The first-order valence-electron chi connectivity index (χ1n) is 1.46. The minimum atomic E-state index is -0.131. The molecule has 0 aromatic heterocycles. The Bertz CT molecular complexity index is 91.5. The number of hydrogen-bond acceptors (Lipinski definition) is 1. The number of halogens is 1. The third kappa shape index (κ3) is 4.03. The van der Waals surface area contributed by atoms with Gasteiger partial charge in [-0.05, 0) is 0 Å². The van der Waals surface area contributed by atoms with Gasteiger partial charge in [-0.15, -0.1) is 0 Å². The Balaban J connectivity index is 3.36. The molecule has 38 valence electrons. The summed E-state index contributed by atoms with van der Waals surface area (Å²) in [4.78, 5) is 0. The summed E-state index contributed by atoms with van der Waals surface area (Å²) in [7, 11) is 4.04. The quantitative estimate of drug-likeness (QED) is 0.369. The van der Waals surface area contributed by atoms with E-state index in [0.29, 0.717) is 4.58 Å². The van der Waals surface area contributed by atoms with Crippen molar-refractivity contribution in [3.63, 3.8) is 0 Å². The van der Waals surface area contributed by atoms with Gasteiger partial charge in [0.1, 0.15) is 0 Å². The first-order chi connectivity index (χ1) is 2.64. The first kappa shape index (κ1) is 7.86. The van der Waals surface area contributed by atoms with Crippen LogP contribution in [-0.2, 0) is 0 Å². The van der Waals surface area contributed by atoms with E-state index in [1.54, 1.807) is 0 Å². The predicted octanol–water partition coefficient (Wildman–Crippen LogP) is 2.94. The Morgan fingerprint density at radius 2 is 2.17 bits per heavy atom. The summed E-state index contributed by atoms with van der Waals surface area (Å²) in [5.74, 6) is 0. The molecule has 0 aliphatic heterocycles. The number of thiol groups is 2. The third-order valence-electron chi connectivity index (χ3n) is 0.308. The molecule has 0 saturated carbocycles. The van der Waals surface area contributed by atoms with Crippen LogP contribution in [0.2, 0.25) is 0 Å². The SMILES string of the molecule is C[C@H](S)[SH](#P)I. The second-order valence-electron chi connectivity index (χ2n) is 0.921. The van der Waals surface area contributed by atoms with Gasteiger partial charge in [0.15, 0.2) is 0 Å². The van der Waals surface area contributed by atoms with Crippen molar-refractivity contribution in [2.24, 2.45) is 0 Å². The van der Waals surface area contributed by atoms with Crippen LogP contribution >= 0.6 is 48.7 Å². The van der Waals surface area contributed by atoms with Gasteiger partial charge in [0.25, 0.3) is 0 Å². The van der Waals surface area contributed by atoms with Crippen LogP contribution in [0.4, 0.5) is 0 Å². The monoisotopic (exact) mass is 252 g/mol. The first-order valence-corrected chi connectivity index (χ1v) is 7.33. The minimum absolute atomic E-state index is 0.131. The van der Waals surface area contributed by atoms with E-state index >= 15 is 0 Å². The summed E-state index contributed by atoms with van der Waals surface area (Å²) < 4.78 is 0.462. The van der Waals surface area contributed by atoms with Crippen LogP contribution in [0.3, 0.4) is 0 Å². The number of hydrogen-bond donors (Lipinski definition) is 2. The zero-order chi connectivity index (χ0) is 5.15. The van der Waals surface area contributed by atoms with Gasteiger partial charge in [-0.25, -0.2) is 0 Å². The second-order valence-corrected chi connectivity index (χ2v) is 10.2. The zero-order valence-corrected chi connectivity index (χ0v) is 8.14. The average Bonchev–Trinajstić information content (AvgIpc) is 1.36. The van der Waals surface area contributed by atoms with Crippen LogP contribution in [-0.4, -0.2) is 4.58 Å². The molecule has 0 spiro atoms. The van der Waals surface area contributed by atoms with Crippen molar-refractivity contribution in [2.75, 3.05) is 0 Å². The molecule has 0 aliphatic rings. The fourth-order valence-electron chi connectivity index (χ4n) is 0. The molecule has 0 rings (SSSR count). The summed E-state index contributed by atoms with van der Waals surface area (Å²) in [6.45, 7) is 2.05. The van der Waals surface area contributed by atoms with Gasteiger partial charge in [0, 0.05) is 0 Å². The van der Waals surface area contributed by atoms with Crippen LogP contribution in [0.5, 0.6) is 0 Å². The Kier molecular flexibility index (Phi) is 5.00. The maximum atomic E-state index is 4.17. The molecule has 0 radical (unpaired) electrons. The molecule has 0 aliphatic carbocycles.